The molecule has 4 aromatic heterocycles. The number of benzene rings is 7. The van der Waals surface area contributed by atoms with E-state index < -0.39 is 5.41 Å². The van der Waals surface area contributed by atoms with E-state index in [4.69, 9.17) is 14.7 Å². The largest absolute Gasteiger partial charge is 0.457 e. The van der Waals surface area contributed by atoms with Gasteiger partial charge in [0.25, 0.3) is 0 Å². The second-order valence-corrected chi connectivity index (χ2v) is 16.5. The third-order valence-electron chi connectivity index (χ3n) is 13.0. The summed E-state index contributed by atoms with van der Waals surface area (Å²) in [6.45, 7) is 0. The van der Waals surface area contributed by atoms with Crippen molar-refractivity contribution in [1.29, 1.82) is 0 Å². The van der Waals surface area contributed by atoms with Crippen molar-refractivity contribution in [1.82, 2.24) is 19.9 Å². The van der Waals surface area contributed by atoms with E-state index in [9.17, 15) is 0 Å². The molecule has 0 bridgehead atoms. The third kappa shape index (κ3) is 5.44. The predicted octanol–water partition coefficient (Wildman–Crippen LogP) is 14.4. The zero-order chi connectivity index (χ0) is 42.2. The maximum absolute atomic E-state index is 6.63. The molecule has 5 nitrogen and oxygen atoms in total. The average molecular weight is 817 g/mol. The molecule has 1 spiro atoms. The molecular weight excluding hydrogens is 781 g/mol. The van der Waals surface area contributed by atoms with E-state index in [-0.39, 0.29) is 0 Å². The molecule has 0 fully saturated rings. The molecule has 0 unspecified atom stereocenters. The number of aromatic nitrogens is 4. The Bertz CT molecular complexity index is 3540. The molecule has 0 N–H and O–H groups in total. The van der Waals surface area contributed by atoms with Gasteiger partial charge in [0.2, 0.25) is 0 Å². The van der Waals surface area contributed by atoms with Gasteiger partial charge in [0.05, 0.1) is 39.4 Å². The Morgan fingerprint density at radius 2 is 0.953 bits per heavy atom. The van der Waals surface area contributed by atoms with E-state index in [1.807, 2.05) is 36.4 Å². The molecule has 0 radical (unpaired) electrons. The smallest absolute Gasteiger partial charge is 0.132 e. The van der Waals surface area contributed by atoms with Gasteiger partial charge in [-0.1, -0.05) is 146 Å². The zero-order valence-electron chi connectivity index (χ0n) is 34.5. The topological polar surface area (TPSA) is 60.8 Å². The van der Waals surface area contributed by atoms with Crippen LogP contribution in [0.2, 0.25) is 0 Å². The number of hydrogen-bond acceptors (Lipinski definition) is 5. The molecule has 11 aromatic rings. The highest BCUT2D eigenvalue weighted by molar-refractivity contribution is 6.19. The summed E-state index contributed by atoms with van der Waals surface area (Å²) in [5.41, 5.74) is 17.4. The molecule has 298 valence electrons. The van der Waals surface area contributed by atoms with Crippen molar-refractivity contribution in [3.8, 4) is 78.9 Å². The quantitative estimate of drug-likeness (QED) is 0.162. The molecule has 7 aromatic carbocycles. The standard InChI is InChI=1S/C59H36N4O/c1-3-18-45-42(16-1)57-48(59(45)46-19-4-7-24-54(46)64-55-25-8-5-20-47(55)59)31-30-44-56(57)43-17-2-6-21-49(43)63-58(44)40-15-13-14-39(34-40)37-26-28-38(29-27-37)41-35-52(50-22-9-11-32-60-50)62-53(36-41)51-23-10-12-33-61-51/h1-36H. The highest BCUT2D eigenvalue weighted by atomic mass is 16.5. The lowest BCUT2D eigenvalue weighted by molar-refractivity contribution is 0.436. The lowest BCUT2D eigenvalue weighted by Crippen LogP contribution is -2.32. The number of ether oxygens (including phenoxy) is 1. The minimum atomic E-state index is -0.557. The van der Waals surface area contributed by atoms with Crippen LogP contribution in [0.3, 0.4) is 0 Å². The van der Waals surface area contributed by atoms with Crippen molar-refractivity contribution in [3.63, 3.8) is 0 Å². The van der Waals surface area contributed by atoms with Crippen LogP contribution >= 0.6 is 0 Å². The Hall–Kier alpha value is -8.54. The maximum Gasteiger partial charge on any atom is 0.132 e. The summed E-state index contributed by atoms with van der Waals surface area (Å²) in [4.78, 5) is 19.7. The molecule has 13 rings (SSSR count). The van der Waals surface area contributed by atoms with E-state index in [1.165, 1.54) is 27.6 Å². The molecule has 64 heavy (non-hydrogen) atoms. The molecule has 0 saturated carbocycles. The number of nitrogens with zero attached hydrogens (tertiary/aromatic N) is 4. The number of rotatable bonds is 5. The Morgan fingerprint density at radius 3 is 1.64 bits per heavy atom. The molecule has 0 saturated heterocycles. The Kier molecular flexibility index (Phi) is 8.06. The van der Waals surface area contributed by atoms with Crippen LogP contribution in [-0.4, -0.2) is 19.9 Å². The van der Waals surface area contributed by atoms with Crippen molar-refractivity contribution in [2.45, 2.75) is 5.41 Å². The van der Waals surface area contributed by atoms with E-state index >= 15 is 0 Å². The van der Waals surface area contributed by atoms with Gasteiger partial charge in [-0.2, -0.15) is 0 Å². The van der Waals surface area contributed by atoms with Crippen LogP contribution in [0.15, 0.2) is 219 Å². The third-order valence-corrected chi connectivity index (χ3v) is 13.0. The summed E-state index contributed by atoms with van der Waals surface area (Å²) < 4.78 is 6.63. The lowest BCUT2D eigenvalue weighted by atomic mass is 9.66. The summed E-state index contributed by atoms with van der Waals surface area (Å²) in [7, 11) is 0. The van der Waals surface area contributed by atoms with Gasteiger partial charge in [0.1, 0.15) is 11.5 Å². The monoisotopic (exact) mass is 816 g/mol. The van der Waals surface area contributed by atoms with E-state index in [0.29, 0.717) is 0 Å². The molecule has 2 aliphatic rings. The first-order valence-electron chi connectivity index (χ1n) is 21.6. The number of hydrogen-bond donors (Lipinski definition) is 0. The van der Waals surface area contributed by atoms with Gasteiger partial charge in [0, 0.05) is 45.2 Å². The zero-order valence-corrected chi connectivity index (χ0v) is 34.5. The van der Waals surface area contributed by atoms with Crippen molar-refractivity contribution >= 4 is 21.7 Å². The lowest BCUT2D eigenvalue weighted by Gasteiger charge is -2.39. The highest BCUT2D eigenvalue weighted by Gasteiger charge is 2.51. The van der Waals surface area contributed by atoms with E-state index in [1.54, 1.807) is 12.4 Å². The van der Waals surface area contributed by atoms with Gasteiger partial charge in [-0.15, -0.1) is 0 Å². The maximum atomic E-state index is 6.63. The van der Waals surface area contributed by atoms with Gasteiger partial charge >= 0.3 is 0 Å². The van der Waals surface area contributed by atoms with Gasteiger partial charge in [0.15, 0.2) is 0 Å². The van der Waals surface area contributed by atoms with Gasteiger partial charge in [-0.05, 0) is 105 Å². The Labute approximate surface area is 370 Å². The van der Waals surface area contributed by atoms with Gasteiger partial charge < -0.3 is 4.74 Å². The normalized spacial score (nSPS) is 12.9. The summed E-state index contributed by atoms with van der Waals surface area (Å²) in [6, 6.07) is 72.9. The molecule has 5 heterocycles. The summed E-state index contributed by atoms with van der Waals surface area (Å²) in [5.74, 6) is 1.77. The van der Waals surface area contributed by atoms with Crippen molar-refractivity contribution in [2.75, 3.05) is 0 Å². The van der Waals surface area contributed by atoms with Crippen molar-refractivity contribution < 1.29 is 4.74 Å². The molecule has 1 aliphatic heterocycles. The number of pyridine rings is 4. The SMILES string of the molecule is c1ccc(-c2cc(-c3ccc(-c4cccc(-c5nc6ccccc6c6c7c(ccc56)C5(c6ccccc6Oc6ccccc65)c5ccccc5-7)c4)cc3)cc(-c3ccccn3)n2)nc1. The van der Waals surface area contributed by atoms with E-state index in [2.05, 4.69) is 180 Å². The minimum Gasteiger partial charge on any atom is -0.457 e. The predicted molar refractivity (Wildman–Crippen MR) is 257 cm³/mol. The highest BCUT2D eigenvalue weighted by Crippen LogP contribution is 2.63. The summed E-state index contributed by atoms with van der Waals surface area (Å²) in [6.07, 6.45) is 3.60. The average Bonchev–Trinajstić information content (AvgIpc) is 3.67. The summed E-state index contributed by atoms with van der Waals surface area (Å²) >= 11 is 0. The first kappa shape index (κ1) is 36.1. The summed E-state index contributed by atoms with van der Waals surface area (Å²) in [5, 5.41) is 3.47. The fourth-order valence-electron chi connectivity index (χ4n) is 10.3. The molecule has 0 amide bonds. The van der Waals surface area contributed by atoms with Crippen LogP contribution < -0.4 is 4.74 Å². The Morgan fingerprint density at radius 1 is 0.359 bits per heavy atom. The van der Waals surface area contributed by atoms with Crippen LogP contribution in [-0.2, 0) is 5.41 Å². The molecule has 5 heteroatoms. The fourth-order valence-corrected chi connectivity index (χ4v) is 10.3. The van der Waals surface area contributed by atoms with Crippen molar-refractivity contribution in [2.24, 2.45) is 0 Å². The minimum absolute atomic E-state index is 0.557. The van der Waals surface area contributed by atoms with Gasteiger partial charge in [-0.3, -0.25) is 9.97 Å². The number of fused-ring (bicyclic) bond motifs is 13. The first-order chi connectivity index (χ1) is 31.7. The molecule has 1 aliphatic carbocycles. The van der Waals surface area contributed by atoms with Crippen LogP contribution in [0.4, 0.5) is 0 Å². The van der Waals surface area contributed by atoms with Crippen LogP contribution in [0, 0.1) is 0 Å². The van der Waals surface area contributed by atoms with E-state index in [0.717, 1.165) is 95.2 Å². The van der Waals surface area contributed by atoms with Crippen LogP contribution in [0.5, 0.6) is 11.5 Å². The Balaban J connectivity index is 0.961. The molecule has 0 atom stereocenters. The number of para-hydroxylation sites is 3. The first-order valence-corrected chi connectivity index (χ1v) is 21.6. The molecular formula is C59H36N4O. The van der Waals surface area contributed by atoms with Crippen LogP contribution in [0.25, 0.3) is 89.1 Å². The van der Waals surface area contributed by atoms with Crippen molar-refractivity contribution in [3.05, 3.63) is 241 Å². The second kappa shape index (κ2) is 14.3. The fraction of sp³-hybridized carbons (Fsp3) is 0.0169. The van der Waals surface area contributed by atoms with Crippen LogP contribution in [0.1, 0.15) is 22.3 Å². The van der Waals surface area contributed by atoms with Gasteiger partial charge in [-0.25, -0.2) is 9.97 Å². The second-order valence-electron chi connectivity index (χ2n) is 16.5.